The molecule has 0 spiro atoms. The van der Waals surface area contributed by atoms with Crippen LogP contribution in [0.4, 0.5) is 5.00 Å². The molecule has 0 fully saturated rings. The second kappa shape index (κ2) is 2.35. The molecule has 0 bridgehead atoms. The fraction of sp³-hybridized carbons (Fsp3) is 0. The van der Waals surface area contributed by atoms with Crippen LogP contribution in [0.5, 0.6) is 0 Å². The minimum atomic E-state index is 0.211. The van der Waals surface area contributed by atoms with Gasteiger partial charge in [0.15, 0.2) is 0 Å². The van der Waals surface area contributed by atoms with E-state index in [4.69, 9.17) is 21.1 Å². The number of nitrogen functional groups attached to an aromatic ring is 1. The summed E-state index contributed by atoms with van der Waals surface area (Å²) < 4.78 is 3.84. The van der Waals surface area contributed by atoms with Gasteiger partial charge < -0.3 is 0 Å². The van der Waals surface area contributed by atoms with Gasteiger partial charge in [0.1, 0.15) is 0 Å². The van der Waals surface area contributed by atoms with Gasteiger partial charge in [-0.05, 0) is 0 Å². The molecule has 0 saturated carbocycles. The van der Waals surface area contributed by atoms with Gasteiger partial charge in [-0.2, -0.15) is 0 Å². The summed E-state index contributed by atoms with van der Waals surface area (Å²) in [4.78, 5) is 0. The van der Waals surface area contributed by atoms with Crippen molar-refractivity contribution in [2.45, 2.75) is 0 Å². The Labute approximate surface area is 59.7 Å². The Morgan fingerprint density at radius 1 is 1.78 bits per heavy atom. The summed E-state index contributed by atoms with van der Waals surface area (Å²) in [5.41, 5.74) is 5.92. The first-order valence-electron chi connectivity index (χ1n) is 2.30. The molecule has 1 aromatic rings. The molecule has 2 N–H and O–H groups in total. The molecule has 0 atom stereocenters. The predicted octanol–water partition coefficient (Wildman–Crippen LogP) is -0.460. The molecule has 0 saturated heterocycles. The van der Waals surface area contributed by atoms with Gasteiger partial charge in [0.25, 0.3) is 0 Å². The van der Waals surface area contributed by atoms with Crippen LogP contribution < -0.4 is 5.73 Å². The van der Waals surface area contributed by atoms with Gasteiger partial charge >= 0.3 is 59.1 Å². The van der Waals surface area contributed by atoms with Gasteiger partial charge in [0, 0.05) is 0 Å². The van der Waals surface area contributed by atoms with Crippen molar-refractivity contribution >= 4 is 37.2 Å². The molecule has 0 aliphatic heterocycles. The first kappa shape index (κ1) is 6.55. The molecule has 1 rings (SSSR count). The molecular weight excluding hydrogens is 130 g/mol. The van der Waals surface area contributed by atoms with E-state index in [0.29, 0.717) is 10.7 Å². The molecule has 3 radical (unpaired) electrons. The average Bonchev–Trinajstić information content (AvgIpc) is 2.14. The molecule has 0 amide bonds. The number of nitrogens with two attached hydrogens (primary N) is 1. The normalized spacial score (nSPS) is 9.22. The Morgan fingerprint density at radius 2 is 2.44 bits per heavy atom. The van der Waals surface area contributed by atoms with E-state index in [-0.39, 0.29) is 5.36 Å². The van der Waals surface area contributed by atoms with E-state index in [2.05, 4.69) is 4.37 Å². The number of hydrogen-bond acceptors (Lipinski definition) is 3. The van der Waals surface area contributed by atoms with Crippen molar-refractivity contribution in [3.05, 3.63) is 11.8 Å². The van der Waals surface area contributed by atoms with Crippen LogP contribution in [0.3, 0.4) is 0 Å². The average molecular weight is 133 g/mol. The molecule has 0 unspecified atom stereocenters. The van der Waals surface area contributed by atoms with Gasteiger partial charge in [-0.3, -0.25) is 0 Å². The zero-order chi connectivity index (χ0) is 6.85. The summed E-state index contributed by atoms with van der Waals surface area (Å²) >= 11 is 1.18. The number of anilines is 1. The molecule has 0 aromatic carbocycles. The first-order chi connectivity index (χ1) is 4.20. The quantitative estimate of drug-likeness (QED) is 0.526. The Bertz CT molecular complexity index is 232. The molecule has 1 aromatic heterocycles. The van der Waals surface area contributed by atoms with E-state index in [1.165, 1.54) is 11.5 Å². The van der Waals surface area contributed by atoms with Gasteiger partial charge in [-0.25, -0.2) is 0 Å². The Morgan fingerprint density at radius 3 is 2.67 bits per heavy atom. The first-order valence-corrected chi connectivity index (χ1v) is 3.08. The van der Waals surface area contributed by atoms with Crippen molar-refractivity contribution in [2.24, 2.45) is 0 Å². The Kier molecular flexibility index (Phi) is 1.71. The Hall–Kier alpha value is -0.570. The van der Waals surface area contributed by atoms with E-state index in [1.807, 2.05) is 0 Å². The van der Waals surface area contributed by atoms with E-state index < -0.39 is 0 Å². The van der Waals surface area contributed by atoms with E-state index in [0.717, 1.165) is 0 Å². The molecule has 1 heterocycles. The molecule has 0 aliphatic carbocycles. The minimum absolute atomic E-state index is 0.211. The van der Waals surface area contributed by atoms with Crippen molar-refractivity contribution in [2.75, 3.05) is 5.73 Å². The van der Waals surface area contributed by atoms with Crippen molar-refractivity contribution in [1.82, 2.24) is 4.37 Å². The molecular formula is C4H3B2N2S. The van der Waals surface area contributed by atoms with Crippen LogP contribution >= 0.6 is 11.5 Å². The maximum atomic E-state index is 5.35. The topological polar surface area (TPSA) is 38.9 Å². The maximum absolute atomic E-state index is 5.35. The predicted molar refractivity (Wildman–Crippen MR) is 42.1 cm³/mol. The third-order valence-electron chi connectivity index (χ3n) is 0.824. The fourth-order valence-electron chi connectivity index (χ4n) is 0.425. The molecule has 9 heavy (non-hydrogen) atoms. The van der Waals surface area contributed by atoms with Crippen LogP contribution in [-0.2, 0) is 0 Å². The van der Waals surface area contributed by atoms with Crippen LogP contribution in [0.25, 0.3) is 0 Å². The summed E-state index contributed by atoms with van der Waals surface area (Å²) in [5, 5.41) is 0.835. The van der Waals surface area contributed by atoms with Gasteiger partial charge in [-0.15, -0.1) is 0 Å². The van der Waals surface area contributed by atoms with Crippen LogP contribution in [0, 0.1) is 0 Å². The molecule has 41 valence electrons. The summed E-state index contributed by atoms with van der Waals surface area (Å²) in [6.07, 6.45) is 0. The number of hydrogen-bond donors (Lipinski definition) is 1. The monoisotopic (exact) mass is 133 g/mol. The molecule has 0 aliphatic rings. The summed E-state index contributed by atoms with van der Waals surface area (Å²) in [5.74, 6) is 0. The van der Waals surface area contributed by atoms with Gasteiger partial charge in [0.2, 0.25) is 0 Å². The van der Waals surface area contributed by atoms with Crippen molar-refractivity contribution in [3.63, 3.8) is 0 Å². The number of rotatable bonds is 1. The van der Waals surface area contributed by atoms with E-state index in [9.17, 15) is 0 Å². The zero-order valence-corrected chi connectivity index (χ0v) is 5.48. The van der Waals surface area contributed by atoms with E-state index >= 15 is 0 Å². The number of aromatic nitrogens is 1. The zero-order valence-electron chi connectivity index (χ0n) is 4.66. The van der Waals surface area contributed by atoms with Crippen LogP contribution in [0.2, 0.25) is 0 Å². The standard InChI is InChI=1S/C4H3B2N2S/c5-4(6)2-1-3(7)9-8-2/h1H,7H2. The molecule has 5 heteroatoms. The van der Waals surface area contributed by atoms with Crippen molar-refractivity contribution < 1.29 is 0 Å². The van der Waals surface area contributed by atoms with Crippen LogP contribution in [0.1, 0.15) is 5.69 Å². The summed E-state index contributed by atoms with van der Waals surface area (Å²) in [6.45, 7) is 0. The van der Waals surface area contributed by atoms with Gasteiger partial charge in [0.05, 0.1) is 0 Å². The van der Waals surface area contributed by atoms with Crippen LogP contribution in [-0.4, -0.2) is 25.1 Å². The van der Waals surface area contributed by atoms with Crippen molar-refractivity contribution in [1.29, 1.82) is 0 Å². The summed E-state index contributed by atoms with van der Waals surface area (Å²) in [7, 11) is 10.4. The third kappa shape index (κ3) is 1.42. The fourth-order valence-corrected chi connectivity index (χ4v) is 0.952. The van der Waals surface area contributed by atoms with E-state index in [1.54, 1.807) is 6.07 Å². The van der Waals surface area contributed by atoms with Crippen molar-refractivity contribution in [3.8, 4) is 0 Å². The number of nitrogens with zero attached hydrogens (tertiary/aromatic N) is 1. The summed E-state index contributed by atoms with van der Waals surface area (Å²) in [6, 6.07) is 1.64. The SMILES string of the molecule is [B]C(=[B])c1cc(N)sn1. The molecule has 2 nitrogen and oxygen atoms in total. The second-order valence-electron chi connectivity index (χ2n) is 1.57. The van der Waals surface area contributed by atoms with Gasteiger partial charge in [-0.1, -0.05) is 0 Å². The van der Waals surface area contributed by atoms with Crippen LogP contribution in [0.15, 0.2) is 6.07 Å². The Balaban J connectivity index is 2.98. The third-order valence-corrected chi connectivity index (χ3v) is 1.44. The second-order valence-corrected chi connectivity index (χ2v) is 2.41.